The van der Waals surface area contributed by atoms with Crippen molar-refractivity contribution in [3.63, 3.8) is 0 Å². The van der Waals surface area contributed by atoms with Gasteiger partial charge in [0.1, 0.15) is 0 Å². The largest absolute Gasteiger partial charge is 0.367 e. The molecule has 0 spiro atoms. The zero-order valence-electron chi connectivity index (χ0n) is 10.2. The number of aryl methyl sites for hydroxylation is 1. The number of aromatic nitrogens is 1. The highest BCUT2D eigenvalue weighted by atomic mass is 32.2. The highest BCUT2D eigenvalue weighted by Crippen LogP contribution is 2.13. The molecule has 0 amide bonds. The maximum Gasteiger partial charge on any atom is 0.240 e. The van der Waals surface area contributed by atoms with E-state index in [0.29, 0.717) is 17.9 Å². The van der Waals surface area contributed by atoms with Crippen molar-refractivity contribution >= 4 is 10.0 Å². The molecular formula is C13H16N2O2S. The highest BCUT2D eigenvalue weighted by molar-refractivity contribution is 7.89. The number of hydrogen-bond acceptors (Lipinski definition) is 2. The Morgan fingerprint density at radius 3 is 2.67 bits per heavy atom. The fourth-order valence-corrected chi connectivity index (χ4v) is 3.06. The number of H-pyrrole nitrogens is 1. The van der Waals surface area contributed by atoms with Crippen molar-refractivity contribution in [2.24, 2.45) is 0 Å². The normalized spacial score (nSPS) is 11.6. The Labute approximate surface area is 107 Å². The summed E-state index contributed by atoms with van der Waals surface area (Å²) in [7, 11) is -3.40. The first-order chi connectivity index (χ1) is 8.59. The van der Waals surface area contributed by atoms with Gasteiger partial charge in [0, 0.05) is 18.9 Å². The van der Waals surface area contributed by atoms with Crippen LogP contribution >= 0.6 is 0 Å². The van der Waals surface area contributed by atoms with Crippen molar-refractivity contribution < 1.29 is 8.42 Å². The third-order valence-electron chi connectivity index (χ3n) is 2.75. The Morgan fingerprint density at radius 2 is 2.00 bits per heavy atom. The van der Waals surface area contributed by atoms with E-state index < -0.39 is 10.0 Å². The third-order valence-corrected chi connectivity index (χ3v) is 4.37. The van der Waals surface area contributed by atoms with Crippen LogP contribution in [0.15, 0.2) is 47.6 Å². The van der Waals surface area contributed by atoms with Crippen molar-refractivity contribution in [1.29, 1.82) is 0 Å². The van der Waals surface area contributed by atoms with Crippen LogP contribution < -0.4 is 4.72 Å². The number of nitrogens with one attached hydrogen (secondary N) is 2. The molecule has 0 aliphatic rings. The van der Waals surface area contributed by atoms with Crippen LogP contribution in [0.4, 0.5) is 0 Å². The van der Waals surface area contributed by atoms with Crippen LogP contribution in [0.25, 0.3) is 0 Å². The lowest BCUT2D eigenvalue weighted by molar-refractivity contribution is 0.581. The summed E-state index contributed by atoms with van der Waals surface area (Å²) in [6.07, 6.45) is 4.36. The first-order valence-corrected chi connectivity index (χ1v) is 7.25. The standard InChI is InChI=1S/C13H16N2O2S/c1-11-4-2-3-5-13(11)18(16,17)15-9-7-12-6-8-14-10-12/h2-6,8,10,14-15H,7,9H2,1H3. The lowest BCUT2D eigenvalue weighted by Gasteiger charge is -2.08. The molecule has 0 atom stereocenters. The highest BCUT2D eigenvalue weighted by Gasteiger charge is 2.15. The molecular weight excluding hydrogens is 248 g/mol. The van der Waals surface area contributed by atoms with Crippen LogP contribution in [0.1, 0.15) is 11.1 Å². The summed E-state index contributed by atoms with van der Waals surface area (Å²) in [5.74, 6) is 0. The fraction of sp³-hybridized carbons (Fsp3) is 0.231. The summed E-state index contributed by atoms with van der Waals surface area (Å²) in [5.41, 5.74) is 1.84. The molecule has 1 heterocycles. The van der Waals surface area contributed by atoms with Gasteiger partial charge in [-0.1, -0.05) is 18.2 Å². The van der Waals surface area contributed by atoms with Crippen molar-refractivity contribution in [2.75, 3.05) is 6.54 Å². The summed E-state index contributed by atoms with van der Waals surface area (Å²) >= 11 is 0. The van der Waals surface area contributed by atoms with Crippen LogP contribution in [-0.2, 0) is 16.4 Å². The van der Waals surface area contributed by atoms with Crippen molar-refractivity contribution in [3.8, 4) is 0 Å². The maximum atomic E-state index is 12.1. The molecule has 1 aromatic carbocycles. The Kier molecular flexibility index (Phi) is 3.84. The minimum atomic E-state index is -3.40. The molecule has 0 saturated carbocycles. The molecule has 0 bridgehead atoms. The quantitative estimate of drug-likeness (QED) is 0.865. The van der Waals surface area contributed by atoms with E-state index in [9.17, 15) is 8.42 Å². The fourth-order valence-electron chi connectivity index (χ4n) is 1.78. The predicted octanol–water partition coefficient (Wildman–Crippen LogP) is 1.84. The molecule has 2 N–H and O–H groups in total. The second kappa shape index (κ2) is 5.37. The zero-order chi connectivity index (χ0) is 13.0. The van der Waals surface area contributed by atoms with E-state index in [1.807, 2.05) is 24.5 Å². The van der Waals surface area contributed by atoms with E-state index in [1.165, 1.54) is 0 Å². The van der Waals surface area contributed by atoms with Crippen molar-refractivity contribution in [2.45, 2.75) is 18.2 Å². The van der Waals surface area contributed by atoms with E-state index >= 15 is 0 Å². The number of aromatic amines is 1. The monoisotopic (exact) mass is 264 g/mol. The van der Waals surface area contributed by atoms with E-state index in [-0.39, 0.29) is 0 Å². The summed E-state index contributed by atoms with van der Waals surface area (Å²) in [5, 5.41) is 0. The van der Waals surface area contributed by atoms with Crippen molar-refractivity contribution in [3.05, 3.63) is 53.9 Å². The van der Waals surface area contributed by atoms with Gasteiger partial charge in [0.15, 0.2) is 0 Å². The van der Waals surface area contributed by atoms with Crippen LogP contribution in [0.2, 0.25) is 0 Å². The van der Waals surface area contributed by atoms with Gasteiger partial charge in [0.05, 0.1) is 4.90 Å². The molecule has 18 heavy (non-hydrogen) atoms. The minimum Gasteiger partial charge on any atom is -0.367 e. The smallest absolute Gasteiger partial charge is 0.240 e. The van der Waals surface area contributed by atoms with Crippen LogP contribution in [0.5, 0.6) is 0 Å². The average Bonchev–Trinajstić information content (AvgIpc) is 2.82. The molecule has 4 nitrogen and oxygen atoms in total. The van der Waals surface area contributed by atoms with Crippen LogP contribution in [0, 0.1) is 6.92 Å². The van der Waals surface area contributed by atoms with Gasteiger partial charge < -0.3 is 4.98 Å². The van der Waals surface area contributed by atoms with E-state index in [1.54, 1.807) is 25.1 Å². The third kappa shape index (κ3) is 3.00. The maximum absolute atomic E-state index is 12.1. The summed E-state index contributed by atoms with van der Waals surface area (Å²) in [6.45, 7) is 2.19. The molecule has 0 saturated heterocycles. The van der Waals surface area contributed by atoms with Gasteiger partial charge in [-0.25, -0.2) is 13.1 Å². The zero-order valence-corrected chi connectivity index (χ0v) is 11.0. The molecule has 0 aliphatic heterocycles. The molecule has 1 aromatic heterocycles. The molecule has 2 aromatic rings. The van der Waals surface area contributed by atoms with E-state index in [2.05, 4.69) is 9.71 Å². The van der Waals surface area contributed by atoms with Gasteiger partial charge in [-0.3, -0.25) is 0 Å². The van der Waals surface area contributed by atoms with Gasteiger partial charge in [-0.05, 0) is 36.6 Å². The second-order valence-electron chi connectivity index (χ2n) is 4.13. The molecule has 0 aliphatic carbocycles. The Balaban J connectivity index is 2.02. The van der Waals surface area contributed by atoms with E-state index in [4.69, 9.17) is 0 Å². The van der Waals surface area contributed by atoms with Gasteiger partial charge in [0.25, 0.3) is 0 Å². The van der Waals surface area contributed by atoms with E-state index in [0.717, 1.165) is 11.1 Å². The molecule has 2 rings (SSSR count). The second-order valence-corrected chi connectivity index (χ2v) is 5.87. The minimum absolute atomic E-state index is 0.346. The SMILES string of the molecule is Cc1ccccc1S(=O)(=O)NCCc1cc[nH]c1. The van der Waals surface area contributed by atoms with Gasteiger partial charge >= 0.3 is 0 Å². The Morgan fingerprint density at radius 1 is 1.22 bits per heavy atom. The molecule has 0 unspecified atom stereocenters. The van der Waals surface area contributed by atoms with Gasteiger partial charge in [-0.2, -0.15) is 0 Å². The van der Waals surface area contributed by atoms with Crippen molar-refractivity contribution in [1.82, 2.24) is 9.71 Å². The number of sulfonamides is 1. The molecule has 5 heteroatoms. The first-order valence-electron chi connectivity index (χ1n) is 5.76. The van der Waals surface area contributed by atoms with Crippen LogP contribution in [-0.4, -0.2) is 19.9 Å². The topological polar surface area (TPSA) is 62.0 Å². The molecule has 0 radical (unpaired) electrons. The molecule has 96 valence electrons. The first kappa shape index (κ1) is 12.9. The predicted molar refractivity (Wildman–Crippen MR) is 70.9 cm³/mol. The lowest BCUT2D eigenvalue weighted by atomic mass is 10.2. The average molecular weight is 264 g/mol. The summed E-state index contributed by atoms with van der Waals surface area (Å²) in [6, 6.07) is 8.90. The summed E-state index contributed by atoms with van der Waals surface area (Å²) < 4.78 is 26.7. The van der Waals surface area contributed by atoms with Gasteiger partial charge in [0.2, 0.25) is 10.0 Å². The summed E-state index contributed by atoms with van der Waals surface area (Å²) in [4.78, 5) is 3.29. The number of benzene rings is 1. The number of rotatable bonds is 5. The van der Waals surface area contributed by atoms with Gasteiger partial charge in [-0.15, -0.1) is 0 Å². The number of hydrogen-bond donors (Lipinski definition) is 2. The molecule has 0 fully saturated rings. The van der Waals surface area contributed by atoms with Crippen LogP contribution in [0.3, 0.4) is 0 Å². The Hall–Kier alpha value is -1.59. The lowest BCUT2D eigenvalue weighted by Crippen LogP contribution is -2.26. The Bertz CT molecular complexity index is 604.